The molecule has 0 atom stereocenters. The molecule has 1 heterocycles. The molecule has 5 nitrogen and oxygen atoms in total. The standard InChI is InChI=1S/C15H14FN3O2/c16-12-5-4-11(3-1-2-6-20)14(7-12)15(21)18-9-13-8-17-10-19-13/h4-5,7-8,10,20H,2,6,9H2,(H,17,19)(H,18,21). The zero-order valence-corrected chi connectivity index (χ0v) is 11.2. The molecule has 0 radical (unpaired) electrons. The summed E-state index contributed by atoms with van der Waals surface area (Å²) in [5, 5.41) is 11.4. The third-order valence-electron chi connectivity index (χ3n) is 2.68. The molecule has 0 saturated heterocycles. The minimum absolute atomic E-state index is 0.0600. The molecule has 1 amide bonds. The van der Waals surface area contributed by atoms with Crippen LogP contribution in [-0.4, -0.2) is 27.6 Å². The first-order chi connectivity index (χ1) is 10.2. The van der Waals surface area contributed by atoms with E-state index in [9.17, 15) is 9.18 Å². The van der Waals surface area contributed by atoms with Crippen LogP contribution in [0.15, 0.2) is 30.7 Å². The fourth-order valence-electron chi connectivity index (χ4n) is 1.68. The number of aromatic nitrogens is 2. The number of aliphatic hydroxyl groups excluding tert-OH is 1. The average Bonchev–Trinajstić information content (AvgIpc) is 3.00. The Balaban J connectivity index is 2.15. The molecule has 21 heavy (non-hydrogen) atoms. The smallest absolute Gasteiger partial charge is 0.252 e. The second-order valence-electron chi connectivity index (χ2n) is 4.22. The molecule has 3 N–H and O–H groups in total. The average molecular weight is 287 g/mol. The number of amides is 1. The van der Waals surface area contributed by atoms with Gasteiger partial charge in [0.2, 0.25) is 0 Å². The third-order valence-corrected chi connectivity index (χ3v) is 2.68. The molecule has 0 aliphatic rings. The van der Waals surface area contributed by atoms with E-state index in [0.29, 0.717) is 12.0 Å². The third kappa shape index (κ3) is 4.16. The van der Waals surface area contributed by atoms with Crippen molar-refractivity contribution in [1.82, 2.24) is 15.3 Å². The van der Waals surface area contributed by atoms with Crippen LogP contribution in [0.4, 0.5) is 4.39 Å². The molecule has 2 rings (SSSR count). The first kappa shape index (κ1) is 14.8. The van der Waals surface area contributed by atoms with Gasteiger partial charge in [-0.1, -0.05) is 11.8 Å². The molecule has 0 aliphatic carbocycles. The van der Waals surface area contributed by atoms with Crippen LogP contribution >= 0.6 is 0 Å². The number of nitrogens with one attached hydrogen (secondary N) is 2. The van der Waals surface area contributed by atoms with Gasteiger partial charge in [-0.05, 0) is 18.2 Å². The van der Waals surface area contributed by atoms with Gasteiger partial charge in [-0.25, -0.2) is 9.37 Å². The highest BCUT2D eigenvalue weighted by atomic mass is 19.1. The Kier molecular flexibility index (Phi) is 5.07. The SMILES string of the molecule is O=C(NCc1cnc[nH]1)c1cc(F)ccc1C#CCCO. The summed E-state index contributed by atoms with van der Waals surface area (Å²) in [6, 6.07) is 3.84. The molecule has 0 saturated carbocycles. The maximum atomic E-state index is 13.3. The maximum absolute atomic E-state index is 13.3. The minimum atomic E-state index is -0.505. The van der Waals surface area contributed by atoms with Crippen molar-refractivity contribution in [3.63, 3.8) is 0 Å². The van der Waals surface area contributed by atoms with E-state index in [1.165, 1.54) is 18.5 Å². The number of hydrogen-bond donors (Lipinski definition) is 3. The summed E-state index contributed by atoms with van der Waals surface area (Å²) in [6.07, 6.45) is 3.40. The summed E-state index contributed by atoms with van der Waals surface area (Å²) in [5.41, 5.74) is 1.33. The van der Waals surface area contributed by atoms with Crippen molar-refractivity contribution in [2.45, 2.75) is 13.0 Å². The van der Waals surface area contributed by atoms with Crippen molar-refractivity contribution in [2.24, 2.45) is 0 Å². The summed E-state index contributed by atoms with van der Waals surface area (Å²) in [4.78, 5) is 18.8. The number of aliphatic hydroxyl groups is 1. The summed E-state index contributed by atoms with van der Waals surface area (Å²) in [7, 11) is 0. The number of halogens is 1. The lowest BCUT2D eigenvalue weighted by Gasteiger charge is -2.06. The molecular formula is C15H14FN3O2. The lowest BCUT2D eigenvalue weighted by atomic mass is 10.1. The Bertz CT molecular complexity index is 672. The van der Waals surface area contributed by atoms with E-state index in [-0.39, 0.29) is 18.7 Å². The highest BCUT2D eigenvalue weighted by Crippen LogP contribution is 2.11. The zero-order valence-electron chi connectivity index (χ0n) is 11.2. The molecule has 0 aliphatic heterocycles. The van der Waals surface area contributed by atoms with Crippen molar-refractivity contribution in [1.29, 1.82) is 0 Å². The normalized spacial score (nSPS) is 9.81. The van der Waals surface area contributed by atoms with Crippen LogP contribution in [0.3, 0.4) is 0 Å². The first-order valence-electron chi connectivity index (χ1n) is 6.35. The fourth-order valence-corrected chi connectivity index (χ4v) is 1.68. The van der Waals surface area contributed by atoms with Gasteiger partial charge in [0.1, 0.15) is 5.82 Å². The number of benzene rings is 1. The summed E-state index contributed by atoms with van der Waals surface area (Å²) in [5.74, 6) is 4.55. The molecule has 2 aromatic rings. The number of carbonyl (C=O) groups is 1. The highest BCUT2D eigenvalue weighted by molar-refractivity contribution is 5.96. The van der Waals surface area contributed by atoms with Gasteiger partial charge in [-0.3, -0.25) is 4.79 Å². The van der Waals surface area contributed by atoms with E-state index in [2.05, 4.69) is 27.1 Å². The van der Waals surface area contributed by atoms with Crippen LogP contribution in [0.25, 0.3) is 0 Å². The second kappa shape index (κ2) is 7.22. The van der Waals surface area contributed by atoms with Gasteiger partial charge in [-0.2, -0.15) is 0 Å². The Morgan fingerprint density at radius 2 is 2.33 bits per heavy atom. The number of nitrogens with zero attached hydrogens (tertiary/aromatic N) is 1. The molecule has 108 valence electrons. The summed E-state index contributed by atoms with van der Waals surface area (Å²) < 4.78 is 13.3. The Morgan fingerprint density at radius 1 is 1.48 bits per heavy atom. The molecule has 0 spiro atoms. The van der Waals surface area contributed by atoms with E-state index in [0.717, 1.165) is 11.8 Å². The Labute approximate surface area is 121 Å². The van der Waals surface area contributed by atoms with Crippen LogP contribution in [0.1, 0.15) is 28.0 Å². The minimum Gasteiger partial charge on any atom is -0.395 e. The number of aromatic amines is 1. The lowest BCUT2D eigenvalue weighted by molar-refractivity contribution is 0.0950. The number of rotatable bonds is 4. The van der Waals surface area contributed by atoms with E-state index in [1.54, 1.807) is 6.20 Å². The van der Waals surface area contributed by atoms with Gasteiger partial charge < -0.3 is 15.4 Å². The van der Waals surface area contributed by atoms with Gasteiger partial charge in [0.05, 0.1) is 30.7 Å². The second-order valence-corrected chi connectivity index (χ2v) is 4.22. The molecule has 0 bridgehead atoms. The van der Waals surface area contributed by atoms with Crippen molar-refractivity contribution >= 4 is 5.91 Å². The fraction of sp³-hybridized carbons (Fsp3) is 0.200. The highest BCUT2D eigenvalue weighted by Gasteiger charge is 2.11. The number of imidazole rings is 1. The van der Waals surface area contributed by atoms with Crippen LogP contribution in [0.5, 0.6) is 0 Å². The van der Waals surface area contributed by atoms with E-state index in [4.69, 9.17) is 5.11 Å². The van der Waals surface area contributed by atoms with Crippen molar-refractivity contribution < 1.29 is 14.3 Å². The van der Waals surface area contributed by atoms with Gasteiger partial charge in [0.25, 0.3) is 5.91 Å². The largest absolute Gasteiger partial charge is 0.395 e. The number of hydrogen-bond acceptors (Lipinski definition) is 3. The van der Waals surface area contributed by atoms with Crippen LogP contribution in [0.2, 0.25) is 0 Å². The van der Waals surface area contributed by atoms with Gasteiger partial charge in [-0.15, -0.1) is 0 Å². The van der Waals surface area contributed by atoms with Gasteiger partial charge in [0, 0.05) is 18.2 Å². The Morgan fingerprint density at radius 3 is 3.05 bits per heavy atom. The zero-order chi connectivity index (χ0) is 15.1. The molecule has 0 unspecified atom stereocenters. The molecule has 6 heteroatoms. The van der Waals surface area contributed by atoms with Crippen LogP contribution < -0.4 is 5.32 Å². The van der Waals surface area contributed by atoms with Crippen LogP contribution in [0, 0.1) is 17.7 Å². The quantitative estimate of drug-likeness (QED) is 0.740. The summed E-state index contributed by atoms with van der Waals surface area (Å²) in [6.45, 7) is 0.203. The molecular weight excluding hydrogens is 273 g/mol. The van der Waals surface area contributed by atoms with E-state index in [1.807, 2.05) is 0 Å². The molecule has 1 aromatic heterocycles. The molecule has 0 fully saturated rings. The van der Waals surface area contributed by atoms with Crippen molar-refractivity contribution in [3.8, 4) is 11.8 Å². The van der Waals surface area contributed by atoms with Gasteiger partial charge in [0.15, 0.2) is 0 Å². The monoisotopic (exact) mass is 287 g/mol. The van der Waals surface area contributed by atoms with E-state index < -0.39 is 11.7 Å². The topological polar surface area (TPSA) is 78.0 Å². The predicted molar refractivity (Wildman–Crippen MR) is 74.7 cm³/mol. The first-order valence-corrected chi connectivity index (χ1v) is 6.35. The molecule has 1 aromatic carbocycles. The van der Waals surface area contributed by atoms with Crippen molar-refractivity contribution in [2.75, 3.05) is 6.61 Å². The summed E-state index contributed by atoms with van der Waals surface area (Å²) >= 11 is 0. The number of carbonyl (C=O) groups excluding carboxylic acids is 1. The van der Waals surface area contributed by atoms with Gasteiger partial charge >= 0.3 is 0 Å². The van der Waals surface area contributed by atoms with Crippen LogP contribution in [-0.2, 0) is 6.54 Å². The van der Waals surface area contributed by atoms with Crippen molar-refractivity contribution in [3.05, 3.63) is 53.4 Å². The maximum Gasteiger partial charge on any atom is 0.252 e. The number of H-pyrrole nitrogens is 1. The predicted octanol–water partition coefficient (Wildman–Crippen LogP) is 1.21. The Hall–Kier alpha value is -2.65. The van der Waals surface area contributed by atoms with E-state index >= 15 is 0 Å². The lowest BCUT2D eigenvalue weighted by Crippen LogP contribution is -2.24.